The fourth-order valence-electron chi connectivity index (χ4n) is 2.26. The molecule has 0 atom stereocenters. The van der Waals surface area contributed by atoms with Crippen LogP contribution < -0.4 is 15.9 Å². The van der Waals surface area contributed by atoms with Crippen molar-refractivity contribution < 1.29 is 13.9 Å². The molecule has 0 spiro atoms. The molecule has 27 heavy (non-hydrogen) atoms. The summed E-state index contributed by atoms with van der Waals surface area (Å²) < 4.78 is 19.2. The number of hydrogen-bond donors (Lipinski definition) is 2. The van der Waals surface area contributed by atoms with E-state index in [1.54, 1.807) is 19.1 Å². The van der Waals surface area contributed by atoms with Gasteiger partial charge in [0.25, 0.3) is 0 Å². The average molecular weight is 373 g/mol. The van der Waals surface area contributed by atoms with Gasteiger partial charge in [-0.3, -0.25) is 4.79 Å². The fraction of sp³-hybridized carbons (Fsp3) is 0.263. The van der Waals surface area contributed by atoms with E-state index < -0.39 is 11.7 Å². The van der Waals surface area contributed by atoms with Crippen LogP contribution in [-0.2, 0) is 4.79 Å². The number of likely N-dealkylation sites (N-methyl/N-ethyl adjacent to an activating group) is 1. The van der Waals surface area contributed by atoms with Crippen molar-refractivity contribution in [3.05, 3.63) is 66.0 Å². The first-order valence-corrected chi connectivity index (χ1v) is 8.39. The number of hydrogen-bond acceptors (Lipinski definition) is 6. The van der Waals surface area contributed by atoms with Gasteiger partial charge in [0.05, 0.1) is 0 Å². The van der Waals surface area contributed by atoms with Gasteiger partial charge in [-0.2, -0.15) is 0 Å². The Kier molecular flexibility index (Phi) is 6.86. The summed E-state index contributed by atoms with van der Waals surface area (Å²) in [5.74, 6) is 5.15. The molecule has 3 N–H and O–H groups in total. The Balaban J connectivity index is 2.22. The summed E-state index contributed by atoms with van der Waals surface area (Å²) in [5.41, 5.74) is 0.555. The predicted molar refractivity (Wildman–Crippen MR) is 103 cm³/mol. The smallest absolute Gasteiger partial charge is 0.309 e. The maximum Gasteiger partial charge on any atom is 0.309 e. The van der Waals surface area contributed by atoms with Crippen molar-refractivity contribution in [1.82, 2.24) is 15.2 Å². The molecule has 7 nitrogen and oxygen atoms in total. The maximum atomic E-state index is 13.8. The molecule has 1 aromatic carbocycles. The summed E-state index contributed by atoms with van der Waals surface area (Å²) in [7, 11) is 3.91. The van der Waals surface area contributed by atoms with Crippen LogP contribution in [0.4, 0.5) is 4.39 Å². The molecular formula is C19H24FN5O2. The summed E-state index contributed by atoms with van der Waals surface area (Å²) in [5, 5.41) is 3.92. The summed E-state index contributed by atoms with van der Waals surface area (Å²) in [6.45, 7) is 7.05. The number of nitrogens with zero attached hydrogens (tertiary/aromatic N) is 3. The molecule has 0 bridgehead atoms. The molecule has 1 heterocycles. The zero-order chi connectivity index (χ0) is 20.0. The Hall–Kier alpha value is -2.97. The molecule has 0 aromatic heterocycles. The number of hydrazine groups is 1. The van der Waals surface area contributed by atoms with Crippen LogP contribution >= 0.6 is 0 Å². The number of amidine groups is 1. The van der Waals surface area contributed by atoms with E-state index in [9.17, 15) is 9.18 Å². The highest BCUT2D eigenvalue weighted by Crippen LogP contribution is 2.23. The van der Waals surface area contributed by atoms with E-state index in [1.807, 2.05) is 19.0 Å². The molecule has 8 heteroatoms. The minimum Gasteiger partial charge on any atom is -0.448 e. The number of amides is 1. The van der Waals surface area contributed by atoms with E-state index in [2.05, 4.69) is 16.9 Å². The Morgan fingerprint density at radius 1 is 1.44 bits per heavy atom. The normalized spacial score (nSPS) is 17.5. The maximum absolute atomic E-state index is 13.8. The van der Waals surface area contributed by atoms with Crippen molar-refractivity contribution in [1.29, 1.82) is 0 Å². The zero-order valence-corrected chi connectivity index (χ0v) is 15.7. The Morgan fingerprint density at radius 3 is 2.78 bits per heavy atom. The highest BCUT2D eigenvalue weighted by Gasteiger charge is 2.30. The number of aliphatic imine (C=N–C) groups is 1. The number of para-hydroxylation sites is 1. The Morgan fingerprint density at radius 2 is 2.15 bits per heavy atom. The molecule has 144 valence electrons. The Labute approximate surface area is 158 Å². The van der Waals surface area contributed by atoms with E-state index in [0.717, 1.165) is 11.6 Å². The van der Waals surface area contributed by atoms with Gasteiger partial charge in [-0.15, -0.1) is 0 Å². The minimum absolute atomic E-state index is 0.0592. The van der Waals surface area contributed by atoms with Crippen LogP contribution in [0.2, 0.25) is 0 Å². The van der Waals surface area contributed by atoms with Crippen LogP contribution in [0.3, 0.4) is 0 Å². The predicted octanol–water partition coefficient (Wildman–Crippen LogP) is 1.77. The third-order valence-electron chi connectivity index (χ3n) is 3.70. The Bertz CT molecular complexity index is 814. The van der Waals surface area contributed by atoms with Crippen molar-refractivity contribution >= 4 is 11.7 Å². The topological polar surface area (TPSA) is 83.2 Å². The van der Waals surface area contributed by atoms with Gasteiger partial charge in [0.15, 0.2) is 23.2 Å². The highest BCUT2D eigenvalue weighted by molar-refractivity contribution is 6.16. The summed E-state index contributed by atoms with van der Waals surface area (Å²) in [4.78, 5) is 18.8. The molecule has 0 saturated heterocycles. The number of halogens is 1. The van der Waals surface area contributed by atoms with E-state index in [1.165, 1.54) is 24.3 Å². The molecule has 1 aliphatic heterocycles. The molecule has 2 rings (SSSR count). The molecule has 1 amide bonds. The van der Waals surface area contributed by atoms with Crippen LogP contribution in [-0.4, -0.2) is 48.8 Å². The second kappa shape index (κ2) is 9.11. The van der Waals surface area contributed by atoms with E-state index >= 15 is 0 Å². The monoisotopic (exact) mass is 373 g/mol. The van der Waals surface area contributed by atoms with Crippen molar-refractivity contribution in [3.8, 4) is 5.75 Å². The minimum atomic E-state index is -0.635. The van der Waals surface area contributed by atoms with Gasteiger partial charge in [-0.25, -0.2) is 20.2 Å². The number of nitrogens with one attached hydrogen (secondary N) is 1. The molecule has 1 aromatic rings. The molecule has 0 unspecified atom stereocenters. The van der Waals surface area contributed by atoms with Crippen molar-refractivity contribution in [2.45, 2.75) is 6.92 Å². The number of benzene rings is 1. The lowest BCUT2D eigenvalue weighted by Crippen LogP contribution is -2.47. The molecule has 0 fully saturated rings. The van der Waals surface area contributed by atoms with Crippen LogP contribution in [0.25, 0.3) is 0 Å². The number of carbonyl (C=O) groups excluding carboxylic acids is 1. The average Bonchev–Trinajstić information content (AvgIpc) is 2.62. The van der Waals surface area contributed by atoms with Gasteiger partial charge >= 0.3 is 5.91 Å². The van der Waals surface area contributed by atoms with Gasteiger partial charge < -0.3 is 15.0 Å². The van der Waals surface area contributed by atoms with Gasteiger partial charge in [0.2, 0.25) is 0 Å². The van der Waals surface area contributed by atoms with Crippen LogP contribution in [0.1, 0.15) is 6.92 Å². The molecular weight excluding hydrogens is 349 g/mol. The van der Waals surface area contributed by atoms with Crippen LogP contribution in [0.5, 0.6) is 5.75 Å². The second-order valence-electron chi connectivity index (χ2n) is 6.07. The number of nitrogens with two attached hydrogens (primary N) is 1. The SMILES string of the molecule is C=C(/N=C1\C(=C/C)C=C(Oc2ccccc2F)C(=O)N1N)NCCN(C)C. The van der Waals surface area contributed by atoms with Gasteiger partial charge in [-0.05, 0) is 39.2 Å². The molecule has 0 saturated carbocycles. The fourth-order valence-corrected chi connectivity index (χ4v) is 2.26. The van der Waals surface area contributed by atoms with Gasteiger partial charge in [-0.1, -0.05) is 24.8 Å². The van der Waals surface area contributed by atoms with Crippen molar-refractivity contribution in [2.24, 2.45) is 10.8 Å². The molecule has 0 radical (unpaired) electrons. The molecule has 0 aliphatic carbocycles. The number of allylic oxidation sites excluding steroid dienone is 1. The number of rotatable bonds is 7. The van der Waals surface area contributed by atoms with Crippen molar-refractivity contribution in [2.75, 3.05) is 27.2 Å². The van der Waals surface area contributed by atoms with E-state index in [-0.39, 0.29) is 17.3 Å². The standard InChI is InChI=1S/C19H24FN5O2/c1-5-14-12-17(27-16-9-7-6-8-15(16)20)19(26)25(21)18(14)23-13(2)22-10-11-24(3)4/h5-9,12,22H,2,10-11,21H2,1,3-4H3/b14-5-,23-18+. The van der Waals surface area contributed by atoms with Crippen LogP contribution in [0.15, 0.2) is 65.1 Å². The summed E-state index contributed by atoms with van der Waals surface area (Å²) in [6.07, 6.45) is 3.20. The molecule has 1 aliphatic rings. The first-order chi connectivity index (χ1) is 12.8. The largest absolute Gasteiger partial charge is 0.448 e. The van der Waals surface area contributed by atoms with Crippen LogP contribution in [0, 0.1) is 5.82 Å². The third kappa shape index (κ3) is 5.25. The quantitative estimate of drug-likeness (QED) is 0.562. The van der Waals surface area contributed by atoms with Gasteiger partial charge in [0, 0.05) is 18.7 Å². The zero-order valence-electron chi connectivity index (χ0n) is 15.7. The summed E-state index contributed by atoms with van der Waals surface area (Å²) >= 11 is 0. The van der Waals surface area contributed by atoms with Gasteiger partial charge in [0.1, 0.15) is 5.82 Å². The second-order valence-corrected chi connectivity index (χ2v) is 6.07. The van der Waals surface area contributed by atoms with Crippen molar-refractivity contribution in [3.63, 3.8) is 0 Å². The number of ether oxygens (including phenoxy) is 1. The first-order valence-electron chi connectivity index (χ1n) is 8.39. The lowest BCUT2D eigenvalue weighted by atomic mass is 10.1. The van der Waals surface area contributed by atoms with E-state index in [4.69, 9.17) is 10.6 Å². The van der Waals surface area contributed by atoms with E-state index in [0.29, 0.717) is 17.9 Å². The number of carbonyl (C=O) groups is 1. The lowest BCUT2D eigenvalue weighted by Gasteiger charge is -2.26. The third-order valence-corrected chi connectivity index (χ3v) is 3.70. The summed E-state index contributed by atoms with van der Waals surface area (Å²) in [6, 6.07) is 5.82. The lowest BCUT2D eigenvalue weighted by molar-refractivity contribution is -0.126. The first kappa shape index (κ1) is 20.3. The highest BCUT2D eigenvalue weighted by atomic mass is 19.1.